The number of carbonyl (C=O) groups excluding carboxylic acids is 1. The van der Waals surface area contributed by atoms with Gasteiger partial charge in [-0.15, -0.1) is 0 Å². The summed E-state index contributed by atoms with van der Waals surface area (Å²) in [7, 11) is -1.65. The second kappa shape index (κ2) is 3.40. The molecule has 1 rings (SSSR count). The van der Waals surface area contributed by atoms with Crippen molar-refractivity contribution >= 4 is 15.7 Å². The average Bonchev–Trinajstić information content (AvgIpc) is 2.31. The number of hydroxylamine groups is 1. The van der Waals surface area contributed by atoms with Crippen LogP contribution in [0.4, 0.5) is 0 Å². The third-order valence-corrected chi connectivity index (χ3v) is 3.57. The summed E-state index contributed by atoms with van der Waals surface area (Å²) in [5, 5.41) is 0. The van der Waals surface area contributed by atoms with E-state index in [2.05, 4.69) is 10.3 Å². The molecule has 1 heterocycles. The van der Waals surface area contributed by atoms with E-state index in [0.29, 0.717) is 6.42 Å². The molecule has 0 radical (unpaired) electrons. The predicted octanol–water partition coefficient (Wildman–Crippen LogP) is -0.901. The zero-order valence-electron chi connectivity index (χ0n) is 6.74. The number of nitrogens with one attached hydrogen (secondary N) is 1. The van der Waals surface area contributed by atoms with E-state index in [-0.39, 0.29) is 17.4 Å². The van der Waals surface area contributed by atoms with Crippen LogP contribution in [0.5, 0.6) is 0 Å². The van der Waals surface area contributed by atoms with Crippen LogP contribution in [0.3, 0.4) is 0 Å². The highest BCUT2D eigenvalue weighted by atomic mass is 32.2. The molecule has 1 N–H and O–H groups in total. The van der Waals surface area contributed by atoms with E-state index in [1.165, 1.54) is 7.11 Å². The van der Waals surface area contributed by atoms with Crippen LogP contribution >= 0.6 is 0 Å². The molecule has 1 aliphatic rings. The standard InChI is InChI=1S/C6H11NO4S/c1-11-7-6(8)5-2-3-12(9,10)4-5/h5H,2-4H2,1H3,(H,7,8). The summed E-state index contributed by atoms with van der Waals surface area (Å²) in [6.07, 6.45) is 0.400. The highest BCUT2D eigenvalue weighted by Crippen LogP contribution is 2.17. The number of hydrogen-bond acceptors (Lipinski definition) is 4. The Hall–Kier alpha value is -0.620. The van der Waals surface area contributed by atoms with Crippen molar-refractivity contribution in [3.8, 4) is 0 Å². The fraction of sp³-hybridized carbons (Fsp3) is 0.833. The first-order valence-corrected chi connectivity index (χ1v) is 5.40. The maximum Gasteiger partial charge on any atom is 0.247 e. The molecule has 1 amide bonds. The van der Waals surface area contributed by atoms with Crippen molar-refractivity contribution in [2.45, 2.75) is 6.42 Å². The fourth-order valence-corrected chi connectivity index (χ4v) is 2.93. The van der Waals surface area contributed by atoms with Crippen LogP contribution < -0.4 is 5.48 Å². The van der Waals surface area contributed by atoms with Gasteiger partial charge in [-0.1, -0.05) is 0 Å². The number of rotatable bonds is 2. The van der Waals surface area contributed by atoms with E-state index in [1.807, 2.05) is 0 Å². The van der Waals surface area contributed by atoms with Gasteiger partial charge in [-0.05, 0) is 6.42 Å². The minimum absolute atomic E-state index is 0.0534. The summed E-state index contributed by atoms with van der Waals surface area (Å²) >= 11 is 0. The highest BCUT2D eigenvalue weighted by molar-refractivity contribution is 7.91. The lowest BCUT2D eigenvalue weighted by Crippen LogP contribution is -2.30. The van der Waals surface area contributed by atoms with Crippen molar-refractivity contribution in [3.05, 3.63) is 0 Å². The smallest absolute Gasteiger partial charge is 0.247 e. The normalized spacial score (nSPS) is 26.9. The quantitative estimate of drug-likeness (QED) is 0.577. The van der Waals surface area contributed by atoms with Gasteiger partial charge in [-0.2, -0.15) is 0 Å². The molecule has 12 heavy (non-hydrogen) atoms. The predicted molar refractivity (Wildman–Crippen MR) is 41.9 cm³/mol. The van der Waals surface area contributed by atoms with Gasteiger partial charge in [0.05, 0.1) is 24.5 Å². The first-order chi connectivity index (χ1) is 5.55. The molecule has 5 nitrogen and oxygen atoms in total. The van der Waals surface area contributed by atoms with Crippen molar-refractivity contribution in [3.63, 3.8) is 0 Å². The van der Waals surface area contributed by atoms with Crippen molar-refractivity contribution in [2.75, 3.05) is 18.6 Å². The lowest BCUT2D eigenvalue weighted by atomic mass is 10.1. The molecule has 0 aromatic rings. The van der Waals surface area contributed by atoms with E-state index in [0.717, 1.165) is 0 Å². The van der Waals surface area contributed by atoms with Crippen LogP contribution in [-0.2, 0) is 19.5 Å². The van der Waals surface area contributed by atoms with Gasteiger partial charge in [0.25, 0.3) is 0 Å². The molecule has 70 valence electrons. The van der Waals surface area contributed by atoms with E-state index >= 15 is 0 Å². The summed E-state index contributed by atoms with van der Waals surface area (Å²) in [6.45, 7) is 0. The van der Waals surface area contributed by atoms with Gasteiger partial charge in [-0.25, -0.2) is 13.9 Å². The van der Waals surface area contributed by atoms with E-state index in [9.17, 15) is 13.2 Å². The fourth-order valence-electron chi connectivity index (χ4n) is 1.19. The zero-order valence-corrected chi connectivity index (χ0v) is 7.56. The van der Waals surface area contributed by atoms with Crippen molar-refractivity contribution in [2.24, 2.45) is 5.92 Å². The molecule has 6 heteroatoms. The maximum absolute atomic E-state index is 11.0. The molecule has 0 aromatic heterocycles. The second-order valence-corrected chi connectivity index (χ2v) is 5.00. The third kappa shape index (κ3) is 2.18. The Labute approximate surface area is 71.0 Å². The van der Waals surface area contributed by atoms with Crippen LogP contribution in [0.2, 0.25) is 0 Å². The van der Waals surface area contributed by atoms with Crippen LogP contribution in [0.1, 0.15) is 6.42 Å². The zero-order chi connectivity index (χ0) is 9.19. The van der Waals surface area contributed by atoms with Crippen LogP contribution in [0.25, 0.3) is 0 Å². The van der Waals surface area contributed by atoms with Crippen LogP contribution in [-0.4, -0.2) is 32.9 Å². The molecule has 0 bridgehead atoms. The van der Waals surface area contributed by atoms with Gasteiger partial charge in [0.1, 0.15) is 0 Å². The largest absolute Gasteiger partial charge is 0.277 e. The topological polar surface area (TPSA) is 72.5 Å². The first kappa shape index (κ1) is 9.47. The molecule has 0 aliphatic carbocycles. The number of hydrogen-bond donors (Lipinski definition) is 1. The lowest BCUT2D eigenvalue weighted by Gasteiger charge is -2.05. The third-order valence-electron chi connectivity index (χ3n) is 1.81. The second-order valence-electron chi connectivity index (χ2n) is 2.77. The summed E-state index contributed by atoms with van der Waals surface area (Å²) in [5.41, 5.74) is 2.12. The van der Waals surface area contributed by atoms with Gasteiger partial charge >= 0.3 is 0 Å². The van der Waals surface area contributed by atoms with E-state index in [4.69, 9.17) is 0 Å². The summed E-state index contributed by atoms with van der Waals surface area (Å²) in [6, 6.07) is 0. The lowest BCUT2D eigenvalue weighted by molar-refractivity contribution is -0.134. The molecular formula is C6H11NO4S. The molecular weight excluding hydrogens is 182 g/mol. The summed E-state index contributed by atoms with van der Waals surface area (Å²) < 4.78 is 21.9. The van der Waals surface area contributed by atoms with Crippen molar-refractivity contribution < 1.29 is 18.0 Å². The molecule has 1 fully saturated rings. The monoisotopic (exact) mass is 193 g/mol. The van der Waals surface area contributed by atoms with Crippen molar-refractivity contribution in [1.82, 2.24) is 5.48 Å². The van der Waals surface area contributed by atoms with Gasteiger partial charge in [0.2, 0.25) is 5.91 Å². The van der Waals surface area contributed by atoms with Crippen LogP contribution in [0, 0.1) is 5.92 Å². The molecule has 1 unspecified atom stereocenters. The summed E-state index contributed by atoms with van der Waals surface area (Å²) in [5.74, 6) is -0.731. The highest BCUT2D eigenvalue weighted by Gasteiger charge is 2.32. The number of amides is 1. The van der Waals surface area contributed by atoms with Crippen molar-refractivity contribution in [1.29, 1.82) is 0 Å². The average molecular weight is 193 g/mol. The maximum atomic E-state index is 11.0. The molecule has 0 aromatic carbocycles. The number of sulfone groups is 1. The SMILES string of the molecule is CONC(=O)C1CCS(=O)(=O)C1. The first-order valence-electron chi connectivity index (χ1n) is 3.58. The van der Waals surface area contributed by atoms with E-state index in [1.54, 1.807) is 0 Å². The summed E-state index contributed by atoms with van der Waals surface area (Å²) in [4.78, 5) is 15.4. The Morgan fingerprint density at radius 2 is 2.25 bits per heavy atom. The Morgan fingerprint density at radius 3 is 2.67 bits per heavy atom. The molecule has 1 aliphatic heterocycles. The Morgan fingerprint density at radius 1 is 1.58 bits per heavy atom. The molecule has 1 atom stereocenters. The Bertz CT molecular complexity index is 271. The van der Waals surface area contributed by atoms with E-state index < -0.39 is 15.8 Å². The van der Waals surface area contributed by atoms with Gasteiger partial charge in [-0.3, -0.25) is 9.63 Å². The minimum atomic E-state index is -2.98. The molecule has 0 saturated carbocycles. The molecule has 0 spiro atoms. The Balaban J connectivity index is 2.53. The minimum Gasteiger partial charge on any atom is -0.277 e. The van der Waals surface area contributed by atoms with Crippen LogP contribution in [0.15, 0.2) is 0 Å². The van der Waals surface area contributed by atoms with Gasteiger partial charge in [0, 0.05) is 0 Å². The van der Waals surface area contributed by atoms with Gasteiger partial charge in [0.15, 0.2) is 9.84 Å². The van der Waals surface area contributed by atoms with Gasteiger partial charge < -0.3 is 0 Å². The molecule has 1 saturated heterocycles. The Kier molecular flexibility index (Phi) is 2.69. The number of carbonyl (C=O) groups is 1.